The third-order valence-electron chi connectivity index (χ3n) is 2.75. The fourth-order valence-electron chi connectivity index (χ4n) is 1.44. The summed E-state index contributed by atoms with van der Waals surface area (Å²) in [4.78, 5) is 0. The van der Waals surface area contributed by atoms with E-state index >= 15 is 0 Å². The van der Waals surface area contributed by atoms with Crippen molar-refractivity contribution < 1.29 is 16.8 Å². The minimum atomic E-state index is -3.27. The van der Waals surface area contributed by atoms with Gasteiger partial charge in [0.15, 0.2) is 0 Å². The Morgan fingerprint density at radius 3 is 1.38 bits per heavy atom. The number of nitrogen functional groups attached to an aromatic ring is 1. The molecule has 0 spiro atoms. The van der Waals surface area contributed by atoms with Gasteiger partial charge in [0.05, 0.1) is 17.2 Å². The normalized spacial score (nSPS) is 10.9. The molecular weight excluding hydrogens is 526 g/mol. The van der Waals surface area contributed by atoms with Crippen LogP contribution in [0.1, 0.15) is 13.8 Å². The van der Waals surface area contributed by atoms with E-state index in [1.54, 1.807) is 25.1 Å². The van der Waals surface area contributed by atoms with Crippen molar-refractivity contribution in [2.45, 2.75) is 13.8 Å². The zero-order chi connectivity index (χ0) is 22.8. The van der Waals surface area contributed by atoms with Gasteiger partial charge in [-0.05, 0) is 43.3 Å². The maximum atomic E-state index is 11.2. The quantitative estimate of drug-likeness (QED) is 0.368. The van der Waals surface area contributed by atoms with Crippen molar-refractivity contribution in [3.05, 3.63) is 56.5 Å². The lowest BCUT2D eigenvalue weighted by atomic mass is 10.3. The molecular formula is C16H19Cl5N2O4S2. The molecule has 2 rings (SSSR count). The first-order valence-corrected chi connectivity index (χ1v) is 13.4. The summed E-state index contributed by atoms with van der Waals surface area (Å²) in [6.45, 7) is 3.04. The number of benzene rings is 2. The Hall–Kier alpha value is -0.610. The van der Waals surface area contributed by atoms with Crippen LogP contribution in [0.4, 0.5) is 11.4 Å². The van der Waals surface area contributed by atoms with Crippen molar-refractivity contribution in [1.29, 1.82) is 0 Å². The smallest absolute Gasteiger partial charge is 0.232 e. The molecule has 6 nitrogen and oxygen atoms in total. The molecule has 2 aromatic carbocycles. The second-order valence-electron chi connectivity index (χ2n) is 5.19. The van der Waals surface area contributed by atoms with Gasteiger partial charge in [-0.3, -0.25) is 4.72 Å². The van der Waals surface area contributed by atoms with Crippen LogP contribution in [0.25, 0.3) is 0 Å². The van der Waals surface area contributed by atoms with Crippen LogP contribution in [-0.4, -0.2) is 28.3 Å². The molecule has 0 atom stereocenters. The third-order valence-corrected chi connectivity index (χ3v) is 6.27. The molecule has 0 aromatic heterocycles. The molecule has 29 heavy (non-hydrogen) atoms. The number of hydrogen-bond acceptors (Lipinski definition) is 5. The van der Waals surface area contributed by atoms with Crippen LogP contribution in [0.3, 0.4) is 0 Å². The number of rotatable bonds is 4. The van der Waals surface area contributed by atoms with E-state index in [0.29, 0.717) is 31.5 Å². The van der Waals surface area contributed by atoms with Crippen molar-refractivity contribution in [2.75, 3.05) is 22.0 Å². The molecule has 0 saturated heterocycles. The predicted molar refractivity (Wildman–Crippen MR) is 126 cm³/mol. The van der Waals surface area contributed by atoms with E-state index in [0.717, 1.165) is 0 Å². The van der Waals surface area contributed by atoms with Crippen molar-refractivity contribution >= 4 is 87.5 Å². The van der Waals surface area contributed by atoms with Crippen molar-refractivity contribution in [3.8, 4) is 0 Å². The molecule has 0 aliphatic heterocycles. The lowest BCUT2D eigenvalue weighted by molar-refractivity contribution is 0.602. The van der Waals surface area contributed by atoms with Crippen molar-refractivity contribution in [1.82, 2.24) is 0 Å². The van der Waals surface area contributed by atoms with Crippen molar-refractivity contribution in [2.24, 2.45) is 0 Å². The van der Waals surface area contributed by atoms with E-state index in [-0.39, 0.29) is 11.5 Å². The average molecular weight is 545 g/mol. The topological polar surface area (TPSA) is 106 Å². The molecule has 0 fully saturated rings. The summed E-state index contributed by atoms with van der Waals surface area (Å²) in [6.07, 6.45) is 0. The first-order valence-electron chi connectivity index (χ1n) is 7.78. The lowest BCUT2D eigenvalue weighted by Gasteiger charge is -2.06. The van der Waals surface area contributed by atoms with Gasteiger partial charge in [0, 0.05) is 36.5 Å². The summed E-state index contributed by atoms with van der Waals surface area (Å²) in [7, 11) is -1.77. The maximum absolute atomic E-state index is 11.2. The van der Waals surface area contributed by atoms with E-state index in [1.165, 1.54) is 25.1 Å². The molecule has 0 bridgehead atoms. The van der Waals surface area contributed by atoms with Crippen LogP contribution < -0.4 is 10.5 Å². The SMILES string of the molecule is CCS(=O)(=O)Cl.CCS(=O)(=O)Nc1cc(Cl)cc(Cl)c1.Nc1cc(Cl)cc(Cl)c1. The highest BCUT2D eigenvalue weighted by Crippen LogP contribution is 2.23. The number of halogens is 5. The summed E-state index contributed by atoms with van der Waals surface area (Å²) in [5.41, 5.74) is 6.36. The number of sulfonamides is 1. The highest BCUT2D eigenvalue weighted by molar-refractivity contribution is 8.13. The minimum Gasteiger partial charge on any atom is -0.399 e. The fraction of sp³-hybridized carbons (Fsp3) is 0.250. The van der Waals surface area contributed by atoms with Gasteiger partial charge in [-0.25, -0.2) is 16.8 Å². The van der Waals surface area contributed by atoms with Gasteiger partial charge in [0.25, 0.3) is 0 Å². The van der Waals surface area contributed by atoms with Gasteiger partial charge in [-0.1, -0.05) is 53.3 Å². The molecule has 0 amide bonds. The molecule has 164 valence electrons. The molecule has 0 unspecified atom stereocenters. The first-order chi connectivity index (χ1) is 13.2. The zero-order valence-electron chi connectivity index (χ0n) is 15.3. The van der Waals surface area contributed by atoms with Crippen LogP contribution in [0.5, 0.6) is 0 Å². The Balaban J connectivity index is 0.000000448. The van der Waals surface area contributed by atoms with Gasteiger partial charge < -0.3 is 5.73 Å². The number of nitrogens with two attached hydrogens (primary N) is 1. The number of nitrogens with one attached hydrogen (secondary N) is 1. The average Bonchev–Trinajstić information content (AvgIpc) is 2.52. The standard InChI is InChI=1S/C8H9Cl2NO2S.C6H5Cl2N.C2H5ClO2S/c1-2-14(12,13)11-8-4-6(9)3-7(10)5-8;7-4-1-5(8)3-6(9)2-4;1-2-6(3,4)5/h3-5,11H,2H2,1H3;1-3H,9H2;2H2,1H3. The summed E-state index contributed by atoms with van der Waals surface area (Å²) in [5, 5.41) is 1.93. The Morgan fingerprint density at radius 2 is 1.10 bits per heavy atom. The molecule has 3 N–H and O–H groups in total. The zero-order valence-corrected chi connectivity index (χ0v) is 20.7. The van der Waals surface area contributed by atoms with E-state index in [1.807, 2.05) is 0 Å². The van der Waals surface area contributed by atoms with E-state index < -0.39 is 19.1 Å². The van der Waals surface area contributed by atoms with Crippen LogP contribution in [0.15, 0.2) is 36.4 Å². The summed E-state index contributed by atoms with van der Waals surface area (Å²) < 4.78 is 44.3. The minimum absolute atomic E-state index is 0.00849. The van der Waals surface area contributed by atoms with Crippen molar-refractivity contribution in [3.63, 3.8) is 0 Å². The molecule has 0 aliphatic carbocycles. The van der Waals surface area contributed by atoms with Crippen LogP contribution in [0, 0.1) is 0 Å². The molecule has 13 heteroatoms. The van der Waals surface area contributed by atoms with Crippen LogP contribution in [-0.2, 0) is 19.1 Å². The highest BCUT2D eigenvalue weighted by Gasteiger charge is 2.07. The summed E-state index contributed by atoms with van der Waals surface area (Å²) in [6, 6.07) is 9.47. The van der Waals surface area contributed by atoms with Gasteiger partial charge in [0.1, 0.15) is 0 Å². The number of anilines is 2. The second kappa shape index (κ2) is 12.9. The molecule has 0 aliphatic rings. The maximum Gasteiger partial charge on any atom is 0.232 e. The van der Waals surface area contributed by atoms with Gasteiger partial charge in [-0.15, -0.1) is 0 Å². The molecule has 0 radical (unpaired) electrons. The first kappa shape index (κ1) is 28.4. The molecule has 0 heterocycles. The predicted octanol–water partition coefficient (Wildman–Crippen LogP) is 5.91. The third kappa shape index (κ3) is 14.9. The van der Waals surface area contributed by atoms with Crippen LogP contribution in [0.2, 0.25) is 20.1 Å². The van der Waals surface area contributed by atoms with Gasteiger partial charge >= 0.3 is 0 Å². The Kier molecular flexibility index (Phi) is 12.7. The van der Waals surface area contributed by atoms with Gasteiger partial charge in [0.2, 0.25) is 19.1 Å². The molecule has 0 saturated carbocycles. The van der Waals surface area contributed by atoms with Gasteiger partial charge in [-0.2, -0.15) is 0 Å². The number of hydrogen-bond donors (Lipinski definition) is 2. The monoisotopic (exact) mass is 542 g/mol. The van der Waals surface area contributed by atoms with E-state index in [4.69, 9.17) is 52.1 Å². The van der Waals surface area contributed by atoms with Crippen LogP contribution >= 0.6 is 57.1 Å². The Bertz CT molecular complexity index is 945. The fourth-order valence-corrected chi connectivity index (χ4v) is 3.13. The lowest BCUT2D eigenvalue weighted by Crippen LogP contribution is -2.14. The largest absolute Gasteiger partial charge is 0.399 e. The Labute approximate surface area is 195 Å². The van der Waals surface area contributed by atoms with E-state index in [9.17, 15) is 16.8 Å². The van der Waals surface area contributed by atoms with E-state index in [2.05, 4.69) is 15.4 Å². The Morgan fingerprint density at radius 1 is 0.759 bits per heavy atom. The molecule has 2 aromatic rings. The second-order valence-corrected chi connectivity index (χ2v) is 12.0. The highest BCUT2D eigenvalue weighted by atomic mass is 35.7. The summed E-state index contributed by atoms with van der Waals surface area (Å²) in [5.74, 6) is 0.0195. The summed E-state index contributed by atoms with van der Waals surface area (Å²) >= 11 is 22.6.